The number of nitrogens with one attached hydrogen (secondary N) is 2. The van der Waals surface area contributed by atoms with E-state index >= 15 is 0 Å². The topological polar surface area (TPSA) is 65.1 Å². The molecule has 1 heterocycles. The molecule has 0 aliphatic carbocycles. The lowest BCUT2D eigenvalue weighted by Crippen LogP contribution is -2.32. The first-order valence-electron chi connectivity index (χ1n) is 6.96. The fourth-order valence-corrected chi connectivity index (χ4v) is 2.19. The maximum absolute atomic E-state index is 13.0. The molecule has 0 spiro atoms. The van der Waals surface area contributed by atoms with Crippen LogP contribution in [-0.4, -0.2) is 28.6 Å². The van der Waals surface area contributed by atoms with Crippen LogP contribution in [0.2, 0.25) is 0 Å². The van der Waals surface area contributed by atoms with Gasteiger partial charge in [0.15, 0.2) is 0 Å². The van der Waals surface area contributed by atoms with Crippen molar-refractivity contribution in [1.82, 2.24) is 10.3 Å². The summed E-state index contributed by atoms with van der Waals surface area (Å²) in [5.74, 6) is -0.487. The van der Waals surface area contributed by atoms with Crippen LogP contribution in [-0.2, 0) is 0 Å². The normalized spacial score (nSPS) is 12.1. The van der Waals surface area contributed by atoms with Crippen molar-refractivity contribution in [3.8, 4) is 11.1 Å². The summed E-state index contributed by atoms with van der Waals surface area (Å²) in [6.07, 6.45) is 4.73. The van der Waals surface area contributed by atoms with E-state index < -0.39 is 0 Å². The SMILES string of the molecule is CC(CCCO)NC(=O)c1c[nH]cc1-c1ccc(F)cc1. The van der Waals surface area contributed by atoms with Gasteiger partial charge in [-0.2, -0.15) is 0 Å². The number of H-pyrrole nitrogens is 1. The largest absolute Gasteiger partial charge is 0.396 e. The highest BCUT2D eigenvalue weighted by molar-refractivity contribution is 6.00. The van der Waals surface area contributed by atoms with Crippen molar-refractivity contribution in [2.45, 2.75) is 25.8 Å². The molecule has 0 aliphatic rings. The van der Waals surface area contributed by atoms with E-state index in [-0.39, 0.29) is 24.4 Å². The standard InChI is InChI=1S/C16H19FN2O2/c1-11(3-2-8-20)19-16(21)15-10-18-9-14(15)12-4-6-13(17)7-5-12/h4-7,9-11,18,20H,2-3,8H2,1H3,(H,19,21). The molecule has 5 heteroatoms. The number of aromatic amines is 1. The molecule has 1 unspecified atom stereocenters. The van der Waals surface area contributed by atoms with Crippen molar-refractivity contribution >= 4 is 5.91 Å². The highest BCUT2D eigenvalue weighted by Crippen LogP contribution is 2.23. The Morgan fingerprint density at radius 3 is 2.71 bits per heavy atom. The summed E-state index contributed by atoms with van der Waals surface area (Å²) in [4.78, 5) is 15.2. The molecule has 0 bridgehead atoms. The van der Waals surface area contributed by atoms with E-state index in [9.17, 15) is 9.18 Å². The first-order chi connectivity index (χ1) is 10.1. The van der Waals surface area contributed by atoms with Gasteiger partial charge in [-0.15, -0.1) is 0 Å². The Hall–Kier alpha value is -2.14. The van der Waals surface area contributed by atoms with E-state index in [1.807, 2.05) is 6.92 Å². The first-order valence-corrected chi connectivity index (χ1v) is 6.96. The van der Waals surface area contributed by atoms with E-state index in [1.54, 1.807) is 24.5 Å². The second-order valence-electron chi connectivity index (χ2n) is 5.03. The van der Waals surface area contributed by atoms with E-state index in [4.69, 9.17) is 5.11 Å². The summed E-state index contributed by atoms with van der Waals surface area (Å²) in [5, 5.41) is 11.7. The average molecular weight is 290 g/mol. The smallest absolute Gasteiger partial charge is 0.253 e. The number of rotatable bonds is 6. The number of aromatic nitrogens is 1. The van der Waals surface area contributed by atoms with Gasteiger partial charge in [0.05, 0.1) is 5.56 Å². The Labute approximate surface area is 123 Å². The number of benzene rings is 1. The number of amides is 1. The Morgan fingerprint density at radius 1 is 1.33 bits per heavy atom. The molecule has 1 amide bonds. The molecule has 0 saturated carbocycles. The van der Waals surface area contributed by atoms with Crippen LogP contribution in [0, 0.1) is 5.82 Å². The third kappa shape index (κ3) is 3.92. The zero-order chi connectivity index (χ0) is 15.2. The van der Waals surface area contributed by atoms with Crippen LogP contribution in [0.3, 0.4) is 0 Å². The van der Waals surface area contributed by atoms with Crippen LogP contribution in [0.5, 0.6) is 0 Å². The Morgan fingerprint density at radius 2 is 2.05 bits per heavy atom. The van der Waals surface area contributed by atoms with Crippen LogP contribution < -0.4 is 5.32 Å². The molecule has 2 aromatic rings. The van der Waals surface area contributed by atoms with Gasteiger partial charge >= 0.3 is 0 Å². The Bertz CT molecular complexity index is 593. The van der Waals surface area contributed by atoms with E-state index in [0.717, 1.165) is 17.5 Å². The number of carbonyl (C=O) groups is 1. The number of hydrogen-bond acceptors (Lipinski definition) is 2. The van der Waals surface area contributed by atoms with Gasteiger partial charge in [0.25, 0.3) is 5.91 Å². The van der Waals surface area contributed by atoms with E-state index in [2.05, 4.69) is 10.3 Å². The molecule has 0 fully saturated rings. The number of aliphatic hydroxyl groups is 1. The lowest BCUT2D eigenvalue weighted by Gasteiger charge is -2.13. The van der Waals surface area contributed by atoms with Crippen LogP contribution in [0.4, 0.5) is 4.39 Å². The molecule has 3 N–H and O–H groups in total. The molecule has 2 rings (SSSR count). The van der Waals surface area contributed by atoms with E-state index in [1.165, 1.54) is 12.1 Å². The van der Waals surface area contributed by atoms with Crippen LogP contribution >= 0.6 is 0 Å². The van der Waals surface area contributed by atoms with Crippen LogP contribution in [0.15, 0.2) is 36.7 Å². The minimum absolute atomic E-state index is 0.0133. The molecule has 4 nitrogen and oxygen atoms in total. The van der Waals surface area contributed by atoms with Gasteiger partial charge in [0, 0.05) is 30.6 Å². The molecular formula is C16H19FN2O2. The summed E-state index contributed by atoms with van der Waals surface area (Å²) in [7, 11) is 0. The zero-order valence-corrected chi connectivity index (χ0v) is 11.9. The predicted molar refractivity (Wildman–Crippen MR) is 79.4 cm³/mol. The summed E-state index contributed by atoms with van der Waals surface area (Å²) in [5.41, 5.74) is 2.05. The second-order valence-corrected chi connectivity index (χ2v) is 5.03. The van der Waals surface area contributed by atoms with Gasteiger partial charge in [-0.05, 0) is 37.5 Å². The predicted octanol–water partition coefficient (Wildman–Crippen LogP) is 2.71. The van der Waals surface area contributed by atoms with Gasteiger partial charge < -0.3 is 15.4 Å². The molecule has 21 heavy (non-hydrogen) atoms. The molecule has 0 saturated heterocycles. The molecule has 0 aliphatic heterocycles. The quantitative estimate of drug-likeness (QED) is 0.766. The van der Waals surface area contributed by atoms with Crippen LogP contribution in [0.25, 0.3) is 11.1 Å². The van der Waals surface area contributed by atoms with Gasteiger partial charge in [0.1, 0.15) is 5.82 Å². The Kier molecular flexibility index (Phi) is 5.11. The summed E-state index contributed by atoms with van der Waals surface area (Å²) < 4.78 is 13.0. The van der Waals surface area contributed by atoms with Crippen molar-refractivity contribution in [2.75, 3.05) is 6.61 Å². The third-order valence-electron chi connectivity index (χ3n) is 3.32. The lowest BCUT2D eigenvalue weighted by atomic mass is 10.0. The second kappa shape index (κ2) is 7.04. The van der Waals surface area contributed by atoms with Gasteiger partial charge in [-0.25, -0.2) is 4.39 Å². The monoisotopic (exact) mass is 290 g/mol. The number of halogens is 1. The number of carbonyl (C=O) groups excluding carboxylic acids is 1. The average Bonchev–Trinajstić information content (AvgIpc) is 2.95. The molecule has 1 aromatic heterocycles. The van der Waals surface area contributed by atoms with Crippen molar-refractivity contribution in [1.29, 1.82) is 0 Å². The van der Waals surface area contributed by atoms with Crippen molar-refractivity contribution in [2.24, 2.45) is 0 Å². The maximum Gasteiger partial charge on any atom is 0.253 e. The maximum atomic E-state index is 13.0. The fourth-order valence-electron chi connectivity index (χ4n) is 2.19. The molecule has 1 atom stereocenters. The minimum atomic E-state index is -0.307. The highest BCUT2D eigenvalue weighted by Gasteiger charge is 2.15. The van der Waals surface area contributed by atoms with Crippen molar-refractivity contribution in [3.63, 3.8) is 0 Å². The van der Waals surface area contributed by atoms with Gasteiger partial charge in [-0.1, -0.05) is 12.1 Å². The lowest BCUT2D eigenvalue weighted by molar-refractivity contribution is 0.0937. The van der Waals surface area contributed by atoms with Crippen LogP contribution in [0.1, 0.15) is 30.1 Å². The molecular weight excluding hydrogens is 271 g/mol. The van der Waals surface area contributed by atoms with Gasteiger partial charge in [-0.3, -0.25) is 4.79 Å². The molecule has 0 radical (unpaired) electrons. The van der Waals surface area contributed by atoms with Gasteiger partial charge in [0.2, 0.25) is 0 Å². The minimum Gasteiger partial charge on any atom is -0.396 e. The summed E-state index contributed by atoms with van der Waals surface area (Å²) >= 11 is 0. The molecule has 112 valence electrons. The number of aliphatic hydroxyl groups excluding tert-OH is 1. The zero-order valence-electron chi connectivity index (χ0n) is 11.9. The van der Waals surface area contributed by atoms with Crippen molar-refractivity contribution < 1.29 is 14.3 Å². The first kappa shape index (κ1) is 15.3. The summed E-state index contributed by atoms with van der Waals surface area (Å²) in [6, 6.07) is 6.01. The number of hydrogen-bond donors (Lipinski definition) is 3. The summed E-state index contributed by atoms with van der Waals surface area (Å²) in [6.45, 7) is 2.02. The fraction of sp³-hybridized carbons (Fsp3) is 0.312. The highest BCUT2D eigenvalue weighted by atomic mass is 19.1. The van der Waals surface area contributed by atoms with Crippen molar-refractivity contribution in [3.05, 3.63) is 48.0 Å². The van der Waals surface area contributed by atoms with E-state index in [0.29, 0.717) is 12.0 Å². The molecule has 1 aromatic carbocycles. The third-order valence-corrected chi connectivity index (χ3v) is 3.32. The Balaban J connectivity index is 2.12.